The van der Waals surface area contributed by atoms with Crippen molar-refractivity contribution in [2.75, 3.05) is 5.73 Å². The molecule has 0 atom stereocenters. The first kappa shape index (κ1) is 12.0. The Morgan fingerprint density at radius 1 is 1.06 bits per heavy atom. The van der Waals surface area contributed by atoms with Crippen LogP contribution in [0.3, 0.4) is 0 Å². The van der Waals surface area contributed by atoms with Crippen molar-refractivity contribution in [3.05, 3.63) is 52.0 Å². The van der Waals surface area contributed by atoms with Gasteiger partial charge < -0.3 is 10.5 Å². The fourth-order valence-corrected chi connectivity index (χ4v) is 2.13. The monoisotopic (exact) mass is 291 g/mol. The number of rotatable bonds is 2. The number of hydrogen-bond acceptors (Lipinski definition) is 2. The molecule has 0 fully saturated rings. The number of halogens is 1. The Kier molecular flexibility index (Phi) is 3.38. The molecule has 0 spiro atoms. The Morgan fingerprint density at radius 2 is 1.82 bits per heavy atom. The van der Waals surface area contributed by atoms with Crippen LogP contribution in [0.15, 0.2) is 40.9 Å². The molecule has 0 saturated carbocycles. The van der Waals surface area contributed by atoms with E-state index in [0.717, 1.165) is 27.1 Å². The zero-order valence-corrected chi connectivity index (χ0v) is 11.4. The standard InChI is InChI=1S/C14H14BrNO/c1-9-4-3-5-12(16)14(9)17-13-7-6-11(15)8-10(13)2/h3-8H,16H2,1-2H3. The van der Waals surface area contributed by atoms with Gasteiger partial charge >= 0.3 is 0 Å². The van der Waals surface area contributed by atoms with E-state index >= 15 is 0 Å². The first-order chi connectivity index (χ1) is 8.08. The van der Waals surface area contributed by atoms with Gasteiger partial charge in [0.15, 0.2) is 5.75 Å². The molecular weight excluding hydrogens is 278 g/mol. The van der Waals surface area contributed by atoms with Crippen LogP contribution in [-0.2, 0) is 0 Å². The summed E-state index contributed by atoms with van der Waals surface area (Å²) >= 11 is 3.43. The van der Waals surface area contributed by atoms with E-state index in [2.05, 4.69) is 15.9 Å². The number of nitrogen functional groups attached to an aromatic ring is 1. The maximum absolute atomic E-state index is 5.91. The van der Waals surface area contributed by atoms with Crippen molar-refractivity contribution < 1.29 is 4.74 Å². The Bertz CT molecular complexity index is 532. The van der Waals surface area contributed by atoms with E-state index in [9.17, 15) is 0 Å². The largest absolute Gasteiger partial charge is 0.455 e. The van der Waals surface area contributed by atoms with Crippen LogP contribution in [0.2, 0.25) is 0 Å². The van der Waals surface area contributed by atoms with Crippen molar-refractivity contribution in [3.8, 4) is 11.5 Å². The lowest BCUT2D eigenvalue weighted by molar-refractivity contribution is 0.477. The third kappa shape index (κ3) is 2.61. The van der Waals surface area contributed by atoms with Crippen LogP contribution in [0.1, 0.15) is 11.1 Å². The van der Waals surface area contributed by atoms with Crippen molar-refractivity contribution in [1.29, 1.82) is 0 Å². The number of anilines is 1. The van der Waals surface area contributed by atoms with Gasteiger partial charge in [-0.2, -0.15) is 0 Å². The highest BCUT2D eigenvalue weighted by Crippen LogP contribution is 2.33. The molecule has 2 aromatic rings. The molecule has 0 amide bonds. The van der Waals surface area contributed by atoms with Gasteiger partial charge in [-0.05, 0) is 49.2 Å². The first-order valence-electron chi connectivity index (χ1n) is 5.37. The lowest BCUT2D eigenvalue weighted by Gasteiger charge is -2.13. The summed E-state index contributed by atoms with van der Waals surface area (Å²) in [6.45, 7) is 3.99. The third-order valence-corrected chi connectivity index (χ3v) is 3.08. The van der Waals surface area contributed by atoms with Crippen LogP contribution in [-0.4, -0.2) is 0 Å². The molecule has 0 unspecified atom stereocenters. The van der Waals surface area contributed by atoms with Crippen LogP contribution >= 0.6 is 15.9 Å². The van der Waals surface area contributed by atoms with E-state index in [1.54, 1.807) is 0 Å². The minimum absolute atomic E-state index is 0.660. The van der Waals surface area contributed by atoms with Crippen molar-refractivity contribution in [3.63, 3.8) is 0 Å². The van der Waals surface area contributed by atoms with E-state index in [4.69, 9.17) is 10.5 Å². The predicted octanol–water partition coefficient (Wildman–Crippen LogP) is 4.44. The van der Waals surface area contributed by atoms with Gasteiger partial charge in [0, 0.05) is 4.47 Å². The molecule has 88 valence electrons. The predicted molar refractivity (Wildman–Crippen MR) is 74.5 cm³/mol. The minimum Gasteiger partial charge on any atom is -0.455 e. The maximum Gasteiger partial charge on any atom is 0.153 e. The number of hydrogen-bond donors (Lipinski definition) is 1. The molecule has 0 bridgehead atoms. The summed E-state index contributed by atoms with van der Waals surface area (Å²) in [4.78, 5) is 0. The van der Waals surface area contributed by atoms with Gasteiger partial charge in [0.1, 0.15) is 5.75 Å². The van der Waals surface area contributed by atoms with E-state index < -0.39 is 0 Å². The SMILES string of the molecule is Cc1cc(Br)ccc1Oc1c(C)cccc1N. The summed E-state index contributed by atoms with van der Waals surface area (Å²) in [5.74, 6) is 1.56. The quantitative estimate of drug-likeness (QED) is 0.830. The molecule has 0 aromatic heterocycles. The topological polar surface area (TPSA) is 35.2 Å². The number of ether oxygens (including phenoxy) is 1. The number of para-hydroxylation sites is 1. The highest BCUT2D eigenvalue weighted by Gasteiger charge is 2.07. The lowest BCUT2D eigenvalue weighted by atomic mass is 10.2. The third-order valence-electron chi connectivity index (χ3n) is 2.59. The van der Waals surface area contributed by atoms with Gasteiger partial charge in [0.25, 0.3) is 0 Å². The van der Waals surface area contributed by atoms with Gasteiger partial charge in [-0.3, -0.25) is 0 Å². The van der Waals surface area contributed by atoms with E-state index in [0.29, 0.717) is 5.69 Å². The molecule has 0 aliphatic rings. The summed E-state index contributed by atoms with van der Waals surface area (Å²) in [5.41, 5.74) is 8.68. The molecule has 0 heterocycles. The molecule has 2 N–H and O–H groups in total. The second-order valence-electron chi connectivity index (χ2n) is 4.01. The Labute approximate surface area is 110 Å². The molecule has 2 nitrogen and oxygen atoms in total. The van der Waals surface area contributed by atoms with Crippen LogP contribution < -0.4 is 10.5 Å². The normalized spacial score (nSPS) is 10.3. The molecule has 0 radical (unpaired) electrons. The molecular formula is C14H14BrNO. The molecule has 0 aliphatic heterocycles. The average Bonchev–Trinajstić information content (AvgIpc) is 2.26. The highest BCUT2D eigenvalue weighted by molar-refractivity contribution is 9.10. The summed E-state index contributed by atoms with van der Waals surface area (Å²) in [6.07, 6.45) is 0. The van der Waals surface area contributed by atoms with Crippen molar-refractivity contribution in [2.24, 2.45) is 0 Å². The molecule has 17 heavy (non-hydrogen) atoms. The van der Waals surface area contributed by atoms with E-state index in [1.807, 2.05) is 50.2 Å². The average molecular weight is 292 g/mol. The first-order valence-corrected chi connectivity index (χ1v) is 6.16. The molecule has 2 aromatic carbocycles. The Morgan fingerprint density at radius 3 is 2.47 bits per heavy atom. The zero-order valence-electron chi connectivity index (χ0n) is 9.83. The minimum atomic E-state index is 0.660. The Balaban J connectivity index is 2.38. The van der Waals surface area contributed by atoms with Gasteiger partial charge in [-0.25, -0.2) is 0 Å². The van der Waals surface area contributed by atoms with Crippen molar-refractivity contribution >= 4 is 21.6 Å². The molecule has 3 heteroatoms. The van der Waals surface area contributed by atoms with Gasteiger partial charge in [-0.1, -0.05) is 28.1 Å². The molecule has 2 rings (SSSR count). The fraction of sp³-hybridized carbons (Fsp3) is 0.143. The number of benzene rings is 2. The summed E-state index contributed by atoms with van der Waals surface area (Å²) in [6, 6.07) is 11.7. The smallest absolute Gasteiger partial charge is 0.153 e. The second kappa shape index (κ2) is 4.80. The van der Waals surface area contributed by atoms with Crippen molar-refractivity contribution in [2.45, 2.75) is 13.8 Å². The molecule has 0 aliphatic carbocycles. The van der Waals surface area contributed by atoms with Crippen LogP contribution in [0, 0.1) is 13.8 Å². The summed E-state index contributed by atoms with van der Waals surface area (Å²) in [7, 11) is 0. The zero-order chi connectivity index (χ0) is 12.4. The van der Waals surface area contributed by atoms with Crippen molar-refractivity contribution in [1.82, 2.24) is 0 Å². The van der Waals surface area contributed by atoms with Gasteiger partial charge in [0.05, 0.1) is 5.69 Å². The highest BCUT2D eigenvalue weighted by atomic mass is 79.9. The van der Waals surface area contributed by atoms with Gasteiger partial charge in [0.2, 0.25) is 0 Å². The summed E-state index contributed by atoms with van der Waals surface area (Å²) in [5, 5.41) is 0. The fourth-order valence-electron chi connectivity index (χ4n) is 1.65. The van der Waals surface area contributed by atoms with Crippen LogP contribution in [0.4, 0.5) is 5.69 Å². The molecule has 0 saturated heterocycles. The van der Waals surface area contributed by atoms with E-state index in [1.165, 1.54) is 0 Å². The maximum atomic E-state index is 5.91. The second-order valence-corrected chi connectivity index (χ2v) is 4.92. The number of nitrogens with two attached hydrogens (primary N) is 1. The lowest BCUT2D eigenvalue weighted by Crippen LogP contribution is -1.95. The summed E-state index contributed by atoms with van der Waals surface area (Å²) < 4.78 is 6.92. The van der Waals surface area contributed by atoms with Crippen LogP contribution in [0.5, 0.6) is 11.5 Å². The van der Waals surface area contributed by atoms with E-state index in [-0.39, 0.29) is 0 Å². The Hall–Kier alpha value is -1.48. The number of aryl methyl sites for hydroxylation is 2. The van der Waals surface area contributed by atoms with Crippen LogP contribution in [0.25, 0.3) is 0 Å². The van der Waals surface area contributed by atoms with Gasteiger partial charge in [-0.15, -0.1) is 0 Å².